The van der Waals surface area contributed by atoms with Gasteiger partial charge in [-0.2, -0.15) is 0 Å². The van der Waals surface area contributed by atoms with Crippen molar-refractivity contribution >= 4 is 13.3 Å². The zero-order chi connectivity index (χ0) is 11.4. The van der Waals surface area contributed by atoms with Gasteiger partial charge in [0.15, 0.2) is 0 Å². The molecule has 0 unspecified atom stereocenters. The Morgan fingerprint density at radius 3 is 2.60 bits per heavy atom. The molecule has 1 rings (SSSR count). The number of carbonyl (C=O) groups is 1. The van der Waals surface area contributed by atoms with Gasteiger partial charge in [0.1, 0.15) is 5.75 Å². The highest BCUT2D eigenvalue weighted by molar-refractivity contribution is 6.33. The second kappa shape index (κ2) is 4.78. The predicted octanol–water partition coefficient (Wildman–Crippen LogP) is -0.808. The van der Waals surface area contributed by atoms with Gasteiger partial charge in [-0.15, -0.1) is 0 Å². The molecule has 0 fully saturated rings. The standard InChI is InChI=1S/C8H10BNO5/c10-4-5-3-6(15-9(13)14)1-2-7(5)8(11)12/h1-3,13-14H,4,10H2,(H,11,12). The van der Waals surface area contributed by atoms with Gasteiger partial charge < -0.3 is 25.5 Å². The van der Waals surface area contributed by atoms with E-state index in [9.17, 15) is 4.79 Å². The Morgan fingerprint density at radius 2 is 2.13 bits per heavy atom. The van der Waals surface area contributed by atoms with E-state index in [1.165, 1.54) is 18.2 Å². The van der Waals surface area contributed by atoms with Crippen LogP contribution < -0.4 is 10.4 Å². The molecule has 0 aliphatic rings. The molecule has 1 aromatic rings. The molecular weight excluding hydrogens is 201 g/mol. The van der Waals surface area contributed by atoms with Gasteiger partial charge in [-0.1, -0.05) is 0 Å². The molecule has 5 N–H and O–H groups in total. The smallest absolute Gasteiger partial charge is 0.512 e. The number of hydrogen-bond donors (Lipinski definition) is 4. The van der Waals surface area contributed by atoms with Crippen molar-refractivity contribution in [1.29, 1.82) is 0 Å². The second-order valence-corrected chi connectivity index (χ2v) is 2.77. The number of rotatable bonds is 4. The predicted molar refractivity (Wildman–Crippen MR) is 52.1 cm³/mol. The van der Waals surface area contributed by atoms with Gasteiger partial charge in [0, 0.05) is 6.54 Å². The van der Waals surface area contributed by atoms with Crippen LogP contribution in [-0.4, -0.2) is 28.4 Å². The van der Waals surface area contributed by atoms with Gasteiger partial charge in [0.25, 0.3) is 0 Å². The number of benzene rings is 1. The van der Waals surface area contributed by atoms with Crippen LogP contribution in [0.2, 0.25) is 0 Å². The van der Waals surface area contributed by atoms with Crippen molar-refractivity contribution in [2.24, 2.45) is 5.73 Å². The van der Waals surface area contributed by atoms with Gasteiger partial charge >= 0.3 is 13.3 Å². The van der Waals surface area contributed by atoms with Crippen molar-refractivity contribution in [2.45, 2.75) is 6.54 Å². The van der Waals surface area contributed by atoms with E-state index in [0.717, 1.165) is 0 Å². The third kappa shape index (κ3) is 2.95. The monoisotopic (exact) mass is 211 g/mol. The van der Waals surface area contributed by atoms with E-state index in [1.54, 1.807) is 0 Å². The Morgan fingerprint density at radius 1 is 1.47 bits per heavy atom. The maximum absolute atomic E-state index is 10.7. The zero-order valence-electron chi connectivity index (χ0n) is 7.75. The lowest BCUT2D eigenvalue weighted by atomic mass is 10.1. The Bertz CT molecular complexity index is 368. The second-order valence-electron chi connectivity index (χ2n) is 2.77. The summed E-state index contributed by atoms with van der Waals surface area (Å²) in [7, 11) is -1.94. The minimum atomic E-state index is -1.94. The summed E-state index contributed by atoms with van der Waals surface area (Å²) >= 11 is 0. The van der Waals surface area contributed by atoms with Gasteiger partial charge in [0.05, 0.1) is 5.56 Å². The van der Waals surface area contributed by atoms with Gasteiger partial charge in [-0.25, -0.2) is 4.79 Å². The molecule has 0 spiro atoms. The molecule has 0 bridgehead atoms. The summed E-state index contributed by atoms with van der Waals surface area (Å²) in [6, 6.07) is 3.97. The van der Waals surface area contributed by atoms with Crippen LogP contribution in [0.4, 0.5) is 0 Å². The van der Waals surface area contributed by atoms with Crippen LogP contribution in [0, 0.1) is 0 Å². The van der Waals surface area contributed by atoms with E-state index < -0.39 is 13.3 Å². The molecule has 80 valence electrons. The van der Waals surface area contributed by atoms with E-state index in [-0.39, 0.29) is 17.9 Å². The molecule has 0 saturated heterocycles. The minimum absolute atomic E-state index is 0.0281. The third-order valence-electron chi connectivity index (χ3n) is 1.77. The fraction of sp³-hybridized carbons (Fsp3) is 0.125. The van der Waals surface area contributed by atoms with Gasteiger partial charge in [0.2, 0.25) is 0 Å². The zero-order valence-corrected chi connectivity index (χ0v) is 7.75. The summed E-state index contributed by atoms with van der Waals surface area (Å²) in [5.41, 5.74) is 5.77. The summed E-state index contributed by atoms with van der Waals surface area (Å²) < 4.78 is 4.55. The summed E-state index contributed by atoms with van der Waals surface area (Å²) in [5, 5.41) is 25.8. The van der Waals surface area contributed by atoms with Crippen molar-refractivity contribution < 1.29 is 24.6 Å². The van der Waals surface area contributed by atoms with Crippen LogP contribution in [0.3, 0.4) is 0 Å². The molecule has 0 heterocycles. The SMILES string of the molecule is NCc1cc(OB(O)O)ccc1C(=O)O. The third-order valence-corrected chi connectivity index (χ3v) is 1.77. The first-order valence-corrected chi connectivity index (χ1v) is 4.13. The molecule has 0 aliphatic heterocycles. The molecule has 6 nitrogen and oxygen atoms in total. The van der Waals surface area contributed by atoms with Crippen molar-refractivity contribution in [1.82, 2.24) is 0 Å². The maximum atomic E-state index is 10.7. The summed E-state index contributed by atoms with van der Waals surface area (Å²) in [6.07, 6.45) is 0. The largest absolute Gasteiger partial charge is 0.707 e. The molecular formula is C8H10BNO5. The Kier molecular flexibility index (Phi) is 3.67. The molecule has 1 aromatic carbocycles. The molecule has 7 heteroatoms. The van der Waals surface area contributed by atoms with E-state index in [2.05, 4.69) is 4.65 Å². The van der Waals surface area contributed by atoms with E-state index in [1.807, 2.05) is 0 Å². The average molecular weight is 211 g/mol. The van der Waals surface area contributed by atoms with E-state index in [0.29, 0.717) is 5.56 Å². The molecule has 0 radical (unpaired) electrons. The van der Waals surface area contributed by atoms with Gasteiger partial charge in [-0.3, -0.25) is 0 Å². The van der Waals surface area contributed by atoms with Crippen LogP contribution in [-0.2, 0) is 6.54 Å². The number of carboxylic acid groups (broad SMARTS) is 1. The summed E-state index contributed by atoms with van der Waals surface area (Å²) in [5.74, 6) is -0.943. The molecule has 15 heavy (non-hydrogen) atoms. The lowest BCUT2D eigenvalue weighted by Gasteiger charge is -2.08. The van der Waals surface area contributed by atoms with Crippen LogP contribution in [0.1, 0.15) is 15.9 Å². The van der Waals surface area contributed by atoms with Crippen LogP contribution in [0.25, 0.3) is 0 Å². The maximum Gasteiger partial charge on any atom is 0.707 e. The molecule has 0 amide bonds. The highest BCUT2D eigenvalue weighted by Gasteiger charge is 2.14. The van der Waals surface area contributed by atoms with E-state index >= 15 is 0 Å². The molecule has 0 saturated carbocycles. The van der Waals surface area contributed by atoms with E-state index in [4.69, 9.17) is 20.9 Å². The van der Waals surface area contributed by atoms with Crippen molar-refractivity contribution in [3.05, 3.63) is 29.3 Å². The number of nitrogens with two attached hydrogens (primary N) is 1. The van der Waals surface area contributed by atoms with Crippen molar-refractivity contribution in [3.63, 3.8) is 0 Å². The fourth-order valence-corrected chi connectivity index (χ4v) is 1.14. The van der Waals surface area contributed by atoms with Crippen molar-refractivity contribution in [2.75, 3.05) is 0 Å². The van der Waals surface area contributed by atoms with Crippen LogP contribution in [0.5, 0.6) is 5.75 Å². The lowest BCUT2D eigenvalue weighted by molar-refractivity contribution is 0.0695. The quantitative estimate of drug-likeness (QED) is 0.484. The van der Waals surface area contributed by atoms with Crippen LogP contribution >= 0.6 is 0 Å². The molecule has 0 aliphatic carbocycles. The van der Waals surface area contributed by atoms with Crippen molar-refractivity contribution in [3.8, 4) is 5.75 Å². The van der Waals surface area contributed by atoms with Crippen LogP contribution in [0.15, 0.2) is 18.2 Å². The Hall–Kier alpha value is -1.57. The highest BCUT2D eigenvalue weighted by Crippen LogP contribution is 2.17. The number of carboxylic acids is 1. The van der Waals surface area contributed by atoms with Gasteiger partial charge in [-0.05, 0) is 23.8 Å². The summed E-state index contributed by atoms with van der Waals surface area (Å²) in [4.78, 5) is 10.7. The first-order chi connectivity index (χ1) is 7.04. The molecule has 0 atom stereocenters. The first kappa shape index (κ1) is 11.5. The average Bonchev–Trinajstić information content (AvgIpc) is 2.16. The fourth-order valence-electron chi connectivity index (χ4n) is 1.14. The Labute approximate surface area is 86.1 Å². The first-order valence-electron chi connectivity index (χ1n) is 4.13. The Balaban J connectivity index is 3.02. The summed E-state index contributed by atoms with van der Waals surface area (Å²) in [6.45, 7) is 0.0281. The molecule has 0 aromatic heterocycles. The highest BCUT2D eigenvalue weighted by atomic mass is 16.6. The lowest BCUT2D eigenvalue weighted by Crippen LogP contribution is -2.21. The topological polar surface area (TPSA) is 113 Å². The number of aromatic carboxylic acids is 1. The normalized spacial score (nSPS) is 9.80. The number of hydrogen-bond acceptors (Lipinski definition) is 5. The minimum Gasteiger partial charge on any atom is -0.512 e.